The van der Waals surface area contributed by atoms with Gasteiger partial charge in [-0.1, -0.05) is 0 Å². The van der Waals surface area contributed by atoms with Gasteiger partial charge in [-0.15, -0.1) is 0 Å². The molecule has 9 heavy (non-hydrogen) atoms. The van der Waals surface area contributed by atoms with Crippen LogP contribution in [0.1, 0.15) is 0 Å². The van der Waals surface area contributed by atoms with Gasteiger partial charge >= 0.3 is 0 Å². The minimum atomic E-state index is -0.484. The van der Waals surface area contributed by atoms with E-state index in [2.05, 4.69) is 8.85 Å². The number of halogens is 1. The Morgan fingerprint density at radius 2 is 2.44 bits per heavy atom. The monoisotopic (exact) mass is 244 g/mol. The normalized spacial score (nSPS) is 12.8. The van der Waals surface area contributed by atoms with Crippen molar-refractivity contribution in [1.82, 2.24) is 8.85 Å². The number of carbonyl (C=O) groups excluding carboxylic acids is 1. The number of likely N-dealkylation sites (N-methyl/N-ethyl adjacent to an activating group) is 1. The highest BCUT2D eigenvalue weighted by Crippen LogP contribution is 1.82. The molecule has 0 aliphatic carbocycles. The van der Waals surface area contributed by atoms with Crippen LogP contribution in [-0.4, -0.2) is 30.7 Å². The largest absolute Gasteiger partial charge is 0.394 e. The molecule has 0 fully saturated rings. The minimum absolute atomic E-state index is 0.175. The van der Waals surface area contributed by atoms with Gasteiger partial charge in [-0.05, 0) is 7.05 Å². The fourth-order valence-corrected chi connectivity index (χ4v) is 0.747. The average molecular weight is 244 g/mol. The van der Waals surface area contributed by atoms with Gasteiger partial charge in [0.15, 0.2) is 0 Å². The van der Waals surface area contributed by atoms with E-state index < -0.39 is 6.04 Å². The van der Waals surface area contributed by atoms with Crippen molar-refractivity contribution in [3.63, 3.8) is 0 Å². The zero-order chi connectivity index (χ0) is 7.28. The second kappa shape index (κ2) is 4.95. The van der Waals surface area contributed by atoms with Crippen LogP contribution in [-0.2, 0) is 4.79 Å². The smallest absolute Gasteiger partial charge is 0.248 e. The van der Waals surface area contributed by atoms with E-state index in [4.69, 9.17) is 5.11 Å². The van der Waals surface area contributed by atoms with Crippen molar-refractivity contribution in [3.8, 4) is 0 Å². The molecule has 0 aromatic rings. The molecule has 1 atom stereocenters. The van der Waals surface area contributed by atoms with Crippen molar-refractivity contribution in [2.45, 2.75) is 6.04 Å². The van der Waals surface area contributed by atoms with E-state index in [-0.39, 0.29) is 12.5 Å². The highest BCUT2D eigenvalue weighted by Gasteiger charge is 2.12. The van der Waals surface area contributed by atoms with Gasteiger partial charge in [-0.3, -0.25) is 8.32 Å². The number of aliphatic hydroxyl groups excluding tert-OH is 1. The number of hydrogen-bond acceptors (Lipinski definition) is 3. The SMILES string of the molecule is CNC(CO)C(=O)NI. The molecule has 0 aromatic heterocycles. The number of rotatable bonds is 3. The molecule has 0 aromatic carbocycles. The Kier molecular flexibility index (Phi) is 5.02. The van der Waals surface area contributed by atoms with E-state index in [0.29, 0.717) is 0 Å². The highest BCUT2D eigenvalue weighted by atomic mass is 127. The summed E-state index contributed by atoms with van der Waals surface area (Å²) in [6, 6.07) is -0.484. The van der Waals surface area contributed by atoms with Crippen LogP contribution in [0.4, 0.5) is 0 Å². The Hall–Kier alpha value is 0.120. The van der Waals surface area contributed by atoms with Crippen LogP contribution in [0.25, 0.3) is 0 Å². The van der Waals surface area contributed by atoms with Crippen LogP contribution in [0.3, 0.4) is 0 Å². The van der Waals surface area contributed by atoms with Crippen LogP contribution in [0.2, 0.25) is 0 Å². The Balaban J connectivity index is 3.64. The summed E-state index contributed by atoms with van der Waals surface area (Å²) < 4.78 is 2.38. The minimum Gasteiger partial charge on any atom is -0.394 e. The molecule has 0 spiro atoms. The Morgan fingerprint density at radius 3 is 2.56 bits per heavy atom. The summed E-state index contributed by atoms with van der Waals surface area (Å²) in [6.07, 6.45) is 0. The molecule has 54 valence electrons. The third kappa shape index (κ3) is 2.97. The van der Waals surface area contributed by atoms with Crippen LogP contribution >= 0.6 is 22.9 Å². The second-order valence-corrected chi connectivity index (χ2v) is 2.02. The van der Waals surface area contributed by atoms with Crippen LogP contribution in [0, 0.1) is 0 Å². The summed E-state index contributed by atoms with van der Waals surface area (Å²) >= 11 is 1.72. The van der Waals surface area contributed by atoms with Crippen LogP contribution in [0.5, 0.6) is 0 Å². The lowest BCUT2D eigenvalue weighted by Crippen LogP contribution is -2.41. The quantitative estimate of drug-likeness (QED) is 0.442. The van der Waals surface area contributed by atoms with Crippen molar-refractivity contribution in [2.24, 2.45) is 0 Å². The second-order valence-electron chi connectivity index (χ2n) is 1.48. The molecule has 0 heterocycles. The van der Waals surface area contributed by atoms with Gasteiger partial charge in [0.25, 0.3) is 0 Å². The molecule has 0 saturated heterocycles. The molecule has 5 heteroatoms. The van der Waals surface area contributed by atoms with Crippen molar-refractivity contribution in [3.05, 3.63) is 0 Å². The van der Waals surface area contributed by atoms with Gasteiger partial charge in [-0.25, -0.2) is 0 Å². The van der Waals surface area contributed by atoms with Crippen LogP contribution in [0.15, 0.2) is 0 Å². The third-order valence-corrected chi connectivity index (χ3v) is 1.47. The maximum atomic E-state index is 10.6. The van der Waals surface area contributed by atoms with E-state index in [1.54, 1.807) is 29.9 Å². The summed E-state index contributed by atoms with van der Waals surface area (Å²) in [4.78, 5) is 10.6. The molecule has 1 amide bonds. The summed E-state index contributed by atoms with van der Waals surface area (Å²) in [6.45, 7) is -0.175. The molecular weight excluding hydrogens is 235 g/mol. The summed E-state index contributed by atoms with van der Waals surface area (Å²) in [7, 11) is 1.62. The number of nitrogens with one attached hydrogen (secondary N) is 2. The van der Waals surface area contributed by atoms with E-state index in [9.17, 15) is 4.79 Å². The molecule has 0 saturated carbocycles. The van der Waals surface area contributed by atoms with Crippen molar-refractivity contribution in [2.75, 3.05) is 13.7 Å². The molecule has 0 radical (unpaired) electrons. The number of carbonyl (C=O) groups is 1. The summed E-state index contributed by atoms with van der Waals surface area (Å²) in [5, 5.41) is 11.1. The molecule has 1 unspecified atom stereocenters. The first-order valence-corrected chi connectivity index (χ1v) is 3.52. The zero-order valence-electron chi connectivity index (χ0n) is 5.02. The molecule has 0 aliphatic rings. The fraction of sp³-hybridized carbons (Fsp3) is 0.750. The van der Waals surface area contributed by atoms with Crippen molar-refractivity contribution < 1.29 is 9.90 Å². The van der Waals surface area contributed by atoms with Gasteiger partial charge in [0.05, 0.1) is 29.5 Å². The van der Waals surface area contributed by atoms with Crippen molar-refractivity contribution in [1.29, 1.82) is 0 Å². The van der Waals surface area contributed by atoms with Crippen LogP contribution < -0.4 is 8.85 Å². The lowest BCUT2D eigenvalue weighted by Gasteiger charge is -2.08. The lowest BCUT2D eigenvalue weighted by atomic mass is 10.3. The fourth-order valence-electron chi connectivity index (χ4n) is 0.371. The molecule has 0 aliphatic heterocycles. The number of hydrogen-bond donors (Lipinski definition) is 3. The van der Waals surface area contributed by atoms with Gasteiger partial charge in [-0.2, -0.15) is 0 Å². The zero-order valence-corrected chi connectivity index (χ0v) is 7.18. The van der Waals surface area contributed by atoms with Gasteiger partial charge in [0.1, 0.15) is 6.04 Å². The van der Waals surface area contributed by atoms with E-state index in [1.165, 1.54) is 0 Å². The van der Waals surface area contributed by atoms with E-state index in [0.717, 1.165) is 0 Å². The Morgan fingerprint density at radius 1 is 1.89 bits per heavy atom. The third-order valence-electron chi connectivity index (χ3n) is 0.941. The predicted octanol–water partition coefficient (Wildman–Crippen LogP) is -0.967. The first-order chi connectivity index (χ1) is 4.26. The van der Waals surface area contributed by atoms with E-state index >= 15 is 0 Å². The summed E-state index contributed by atoms with van der Waals surface area (Å²) in [5.74, 6) is -0.208. The van der Waals surface area contributed by atoms with Gasteiger partial charge in [0, 0.05) is 0 Å². The Bertz CT molecular complexity index is 94.6. The number of aliphatic hydroxyl groups is 1. The average Bonchev–Trinajstić information content (AvgIpc) is 1.90. The maximum absolute atomic E-state index is 10.6. The Labute approximate surface area is 67.5 Å². The lowest BCUT2D eigenvalue weighted by molar-refractivity contribution is -0.121. The molecule has 0 rings (SSSR count). The summed E-state index contributed by atoms with van der Waals surface area (Å²) in [5.41, 5.74) is 0. The predicted molar refractivity (Wildman–Crippen MR) is 42.1 cm³/mol. The van der Waals surface area contributed by atoms with E-state index in [1.807, 2.05) is 0 Å². The first-order valence-electron chi connectivity index (χ1n) is 2.44. The topological polar surface area (TPSA) is 61.4 Å². The van der Waals surface area contributed by atoms with Gasteiger partial charge in [0.2, 0.25) is 5.91 Å². The van der Waals surface area contributed by atoms with Gasteiger partial charge < -0.3 is 10.4 Å². The molecule has 4 nitrogen and oxygen atoms in total. The molecule has 0 bridgehead atoms. The molecule has 3 N–H and O–H groups in total. The maximum Gasteiger partial charge on any atom is 0.248 e. The number of amides is 1. The highest BCUT2D eigenvalue weighted by molar-refractivity contribution is 14.1. The molecular formula is C4H9IN2O2. The first kappa shape index (κ1) is 9.12. The standard InChI is InChI=1S/C4H9IN2O2/c1-6-3(2-8)4(9)7-5/h3,6,8H,2H2,1H3,(H,7,9). The van der Waals surface area contributed by atoms with Crippen molar-refractivity contribution >= 4 is 28.8 Å².